The summed E-state index contributed by atoms with van der Waals surface area (Å²) in [6, 6.07) is 0.457. The Hall–Kier alpha value is -0.690. The molecule has 0 aromatic rings. The van der Waals surface area contributed by atoms with Crippen LogP contribution < -0.4 is 0 Å². The minimum atomic E-state index is -4.59. The van der Waals surface area contributed by atoms with Gasteiger partial charge in [-0.15, -0.1) is 3.89 Å². The van der Waals surface area contributed by atoms with E-state index >= 15 is 0 Å². The van der Waals surface area contributed by atoms with Gasteiger partial charge in [0.2, 0.25) is 5.91 Å². The van der Waals surface area contributed by atoms with Crippen LogP contribution in [0.25, 0.3) is 0 Å². The second kappa shape index (κ2) is 5.13. The smallest absolute Gasteiger partial charge is 0.307 e. The summed E-state index contributed by atoms with van der Waals surface area (Å²) < 4.78 is 34.4. The van der Waals surface area contributed by atoms with E-state index in [4.69, 9.17) is 0 Å². The van der Waals surface area contributed by atoms with Gasteiger partial charge in [-0.1, -0.05) is 0 Å². The van der Waals surface area contributed by atoms with Gasteiger partial charge in [-0.3, -0.25) is 4.79 Å². The first kappa shape index (κ1) is 13.7. The highest BCUT2D eigenvalue weighted by Gasteiger charge is 2.38. The van der Waals surface area contributed by atoms with E-state index in [1.54, 1.807) is 0 Å². The molecule has 2 rings (SSSR count). The number of nitrogens with zero attached hydrogens (tertiary/aromatic N) is 2. The molecule has 104 valence electrons. The Balaban J connectivity index is 1.85. The van der Waals surface area contributed by atoms with Crippen LogP contribution >= 0.6 is 0 Å². The second-order valence-corrected chi connectivity index (χ2v) is 6.82. The molecule has 2 aliphatic rings. The summed E-state index contributed by atoms with van der Waals surface area (Å²) in [5, 5.41) is -1.16. The van der Waals surface area contributed by atoms with Gasteiger partial charge in [0.25, 0.3) is 0 Å². The number of carbonyl (C=O) groups is 1. The van der Waals surface area contributed by atoms with E-state index in [9.17, 15) is 17.1 Å². The van der Waals surface area contributed by atoms with E-state index < -0.39 is 15.5 Å². The van der Waals surface area contributed by atoms with E-state index in [1.165, 1.54) is 4.90 Å². The molecule has 2 atom stereocenters. The number of rotatable bonds is 4. The topological polar surface area (TPSA) is 57.7 Å². The van der Waals surface area contributed by atoms with Gasteiger partial charge in [0.1, 0.15) is 5.25 Å². The molecule has 2 unspecified atom stereocenters. The number of amides is 1. The van der Waals surface area contributed by atoms with Crippen molar-refractivity contribution in [3.8, 4) is 0 Å². The number of hydrogen-bond acceptors (Lipinski definition) is 4. The lowest BCUT2D eigenvalue weighted by Crippen LogP contribution is -2.33. The first-order valence-corrected chi connectivity index (χ1v) is 7.74. The van der Waals surface area contributed by atoms with E-state index in [1.807, 2.05) is 0 Å². The number of hydrogen-bond donors (Lipinski definition) is 0. The van der Waals surface area contributed by atoms with Crippen molar-refractivity contribution in [2.75, 3.05) is 26.7 Å². The second-order valence-electron chi connectivity index (χ2n) is 5.21. The highest BCUT2D eigenvalue weighted by molar-refractivity contribution is 7.87. The Morgan fingerprint density at radius 3 is 2.67 bits per heavy atom. The highest BCUT2D eigenvalue weighted by atomic mass is 32.3. The van der Waals surface area contributed by atoms with Crippen molar-refractivity contribution in [2.24, 2.45) is 0 Å². The molecule has 2 aliphatic heterocycles. The van der Waals surface area contributed by atoms with Crippen molar-refractivity contribution < 1.29 is 17.1 Å². The van der Waals surface area contributed by atoms with Crippen LogP contribution in [-0.4, -0.2) is 62.1 Å². The monoisotopic (exact) mass is 278 g/mol. The molecule has 0 aromatic heterocycles. The summed E-state index contributed by atoms with van der Waals surface area (Å²) in [4.78, 5) is 15.3. The molecule has 18 heavy (non-hydrogen) atoms. The molecular weight excluding hydrogens is 259 g/mol. The van der Waals surface area contributed by atoms with Gasteiger partial charge in [0.15, 0.2) is 0 Å². The highest BCUT2D eigenvalue weighted by Crippen LogP contribution is 2.22. The van der Waals surface area contributed by atoms with Crippen molar-refractivity contribution >= 4 is 16.1 Å². The van der Waals surface area contributed by atoms with E-state index in [0.29, 0.717) is 12.6 Å². The molecule has 1 amide bonds. The van der Waals surface area contributed by atoms with E-state index in [-0.39, 0.29) is 18.9 Å². The van der Waals surface area contributed by atoms with Crippen LogP contribution in [0.2, 0.25) is 0 Å². The van der Waals surface area contributed by atoms with Crippen molar-refractivity contribution in [1.82, 2.24) is 9.80 Å². The maximum Gasteiger partial charge on any atom is 0.307 e. The lowest BCUT2D eigenvalue weighted by Gasteiger charge is -2.23. The molecule has 2 saturated heterocycles. The van der Waals surface area contributed by atoms with Crippen LogP contribution in [0.3, 0.4) is 0 Å². The Labute approximate surface area is 107 Å². The minimum Gasteiger partial charge on any atom is -0.341 e. The summed E-state index contributed by atoms with van der Waals surface area (Å²) in [5.74, 6) is -0.248. The van der Waals surface area contributed by atoms with E-state index in [2.05, 4.69) is 11.9 Å². The van der Waals surface area contributed by atoms with Crippen LogP contribution in [0.4, 0.5) is 3.89 Å². The predicted octanol–water partition coefficient (Wildman–Crippen LogP) is 0.371. The van der Waals surface area contributed by atoms with Gasteiger partial charge >= 0.3 is 10.2 Å². The summed E-state index contributed by atoms with van der Waals surface area (Å²) >= 11 is 0. The fraction of sp³-hybridized carbons (Fsp3) is 0.909. The first-order valence-electron chi connectivity index (χ1n) is 6.29. The minimum absolute atomic E-state index is 0.00804. The summed E-state index contributed by atoms with van der Waals surface area (Å²) in [5.41, 5.74) is 0. The molecule has 2 fully saturated rings. The summed E-state index contributed by atoms with van der Waals surface area (Å²) in [6.07, 6.45) is 2.90. The number of halogens is 1. The predicted molar refractivity (Wildman–Crippen MR) is 65.3 cm³/mol. The van der Waals surface area contributed by atoms with Gasteiger partial charge in [-0.05, 0) is 32.9 Å². The zero-order chi connectivity index (χ0) is 13.3. The normalized spacial score (nSPS) is 30.3. The lowest BCUT2D eigenvalue weighted by atomic mass is 10.1. The van der Waals surface area contributed by atoms with E-state index in [0.717, 1.165) is 25.8 Å². The third-order valence-corrected chi connectivity index (χ3v) is 5.09. The van der Waals surface area contributed by atoms with Gasteiger partial charge in [-0.2, -0.15) is 8.42 Å². The summed E-state index contributed by atoms with van der Waals surface area (Å²) in [7, 11) is -2.54. The largest absolute Gasteiger partial charge is 0.341 e. The van der Waals surface area contributed by atoms with Crippen molar-refractivity contribution in [2.45, 2.75) is 37.0 Å². The Morgan fingerprint density at radius 1 is 1.44 bits per heavy atom. The molecular formula is C11H19FN2O3S. The van der Waals surface area contributed by atoms with Crippen molar-refractivity contribution in [3.63, 3.8) is 0 Å². The molecule has 0 saturated carbocycles. The van der Waals surface area contributed by atoms with Crippen LogP contribution in [0.1, 0.15) is 25.7 Å². The van der Waals surface area contributed by atoms with Gasteiger partial charge < -0.3 is 9.80 Å². The van der Waals surface area contributed by atoms with Gasteiger partial charge in [0, 0.05) is 25.6 Å². The maximum absolute atomic E-state index is 12.8. The van der Waals surface area contributed by atoms with Gasteiger partial charge in [0.05, 0.1) is 0 Å². The quantitative estimate of drug-likeness (QED) is 0.697. The van der Waals surface area contributed by atoms with Crippen LogP contribution in [0.15, 0.2) is 0 Å². The average Bonchev–Trinajstić information content (AvgIpc) is 2.82. The lowest BCUT2D eigenvalue weighted by molar-refractivity contribution is -0.127. The average molecular weight is 278 g/mol. The van der Waals surface area contributed by atoms with Crippen LogP contribution in [-0.2, 0) is 15.0 Å². The Kier molecular flexibility index (Phi) is 3.91. The molecule has 7 heteroatoms. The zero-order valence-corrected chi connectivity index (χ0v) is 11.3. The third kappa shape index (κ3) is 3.00. The van der Waals surface area contributed by atoms with Crippen LogP contribution in [0, 0.1) is 0 Å². The zero-order valence-electron chi connectivity index (χ0n) is 10.5. The van der Waals surface area contributed by atoms with Crippen molar-refractivity contribution in [3.05, 3.63) is 0 Å². The number of likely N-dealkylation sites (tertiary alicyclic amines) is 2. The maximum atomic E-state index is 12.8. The standard InChI is InChI=1S/C11H19FN2O3S/c1-13-5-2-3-9(13)4-6-14-8-10(7-11(14)15)18(12,16)17/h9-10H,2-8H2,1H3. The SMILES string of the molecule is CN1CCCC1CCN1CC(S(=O)(=O)F)CC1=O. The van der Waals surface area contributed by atoms with Crippen molar-refractivity contribution in [1.29, 1.82) is 0 Å². The molecule has 0 aromatic carbocycles. The molecule has 0 bridgehead atoms. The fourth-order valence-corrected chi connectivity index (χ4v) is 3.49. The van der Waals surface area contributed by atoms with Gasteiger partial charge in [-0.25, -0.2) is 0 Å². The summed E-state index contributed by atoms with van der Waals surface area (Å²) in [6.45, 7) is 1.61. The first-order chi connectivity index (χ1) is 8.38. The van der Waals surface area contributed by atoms with Crippen LogP contribution in [0.5, 0.6) is 0 Å². The number of carbonyl (C=O) groups excluding carboxylic acids is 1. The molecule has 5 nitrogen and oxygen atoms in total. The molecule has 0 radical (unpaired) electrons. The molecule has 0 spiro atoms. The fourth-order valence-electron chi connectivity index (χ4n) is 2.79. The molecule has 0 aliphatic carbocycles. The third-order valence-electron chi connectivity index (χ3n) is 3.98. The Bertz CT molecular complexity index is 426. The Morgan fingerprint density at radius 2 is 2.17 bits per heavy atom. The molecule has 2 heterocycles. The molecule has 0 N–H and O–H groups in total.